The minimum absolute atomic E-state index is 0.0294. The van der Waals surface area contributed by atoms with Gasteiger partial charge in [0.2, 0.25) is 0 Å². The minimum atomic E-state index is -4.46. The van der Waals surface area contributed by atoms with Crippen molar-refractivity contribution in [3.8, 4) is 36.1 Å². The van der Waals surface area contributed by atoms with Crippen LogP contribution in [0.1, 0.15) is 168 Å². The fourth-order valence-electron chi connectivity index (χ4n) is 16.2. The Morgan fingerprint density at radius 2 is 0.620 bits per heavy atom. The number of fused-ring (bicyclic) bond motifs is 5. The highest BCUT2D eigenvalue weighted by Crippen LogP contribution is 2.37. The molecule has 0 spiro atoms. The molecule has 5 fully saturated rings. The van der Waals surface area contributed by atoms with Crippen molar-refractivity contribution < 1.29 is 81.2 Å². The highest BCUT2D eigenvalue weighted by atomic mass is 19.4. The van der Waals surface area contributed by atoms with E-state index < -0.39 is 12.3 Å². The summed E-state index contributed by atoms with van der Waals surface area (Å²) in [5.41, 5.74) is 5.77. The van der Waals surface area contributed by atoms with E-state index >= 15 is 0 Å². The van der Waals surface area contributed by atoms with Crippen LogP contribution in [0.25, 0.3) is 54.5 Å². The molecular formula is C97H104F3N15O14. The molecule has 0 aliphatic heterocycles. The van der Waals surface area contributed by atoms with Gasteiger partial charge in [-0.3, -0.25) is 77.6 Å². The normalized spacial score (nSPS) is 18.8. The Hall–Kier alpha value is -14.2. The van der Waals surface area contributed by atoms with Crippen LogP contribution in [0, 0.1) is 116 Å². The van der Waals surface area contributed by atoms with Crippen molar-refractivity contribution >= 4 is 113 Å². The molecule has 8 N–H and O–H groups in total. The second-order valence-electron chi connectivity index (χ2n) is 30.1. The van der Waals surface area contributed by atoms with Crippen molar-refractivity contribution in [2.75, 3.05) is 54.1 Å². The van der Waals surface area contributed by atoms with Crippen LogP contribution >= 0.6 is 0 Å². The number of hydrogen-bond acceptors (Lipinski definition) is 24. The van der Waals surface area contributed by atoms with Gasteiger partial charge >= 0.3 is 6.36 Å². The van der Waals surface area contributed by atoms with Crippen LogP contribution in [0.2, 0.25) is 0 Å². The molecule has 5 amide bonds. The highest BCUT2D eigenvalue weighted by molar-refractivity contribution is 6.11. The molecule has 5 aliphatic rings. The van der Waals surface area contributed by atoms with E-state index in [9.17, 15) is 66.2 Å². The van der Waals surface area contributed by atoms with Gasteiger partial charge in [-0.1, -0.05) is 131 Å². The number of carbonyl (C=O) groups excluding carboxylic acids is 10. The number of aromatic hydroxyl groups is 1. The van der Waals surface area contributed by atoms with Crippen LogP contribution in [-0.4, -0.2) is 159 Å². The summed E-state index contributed by atoms with van der Waals surface area (Å²) in [6, 6.07) is 54.1. The molecule has 5 heterocycles. The summed E-state index contributed by atoms with van der Waals surface area (Å²) in [6.07, 6.45) is 15.6. The average molecular weight is 1760 g/mol. The van der Waals surface area contributed by atoms with E-state index in [-0.39, 0.29) is 156 Å². The molecule has 29 nitrogen and oxygen atoms in total. The molecule has 5 aromatic carbocycles. The van der Waals surface area contributed by atoms with Crippen molar-refractivity contribution in [3.63, 3.8) is 0 Å². The van der Waals surface area contributed by atoms with E-state index in [4.69, 9.17) is 36.5 Å². The third-order valence-electron chi connectivity index (χ3n) is 22.6. The summed E-state index contributed by atoms with van der Waals surface area (Å²) in [4.78, 5) is 144. The first-order valence-electron chi connectivity index (χ1n) is 42.5. The Morgan fingerprint density at radius 3 is 0.946 bits per heavy atom. The molecule has 5 aromatic heterocycles. The number of amides is 5. The summed E-state index contributed by atoms with van der Waals surface area (Å²) in [6.45, 7) is 4.07. The lowest BCUT2D eigenvalue weighted by molar-refractivity contribution is -0.311. The molecule has 5 unspecified atom stereocenters. The number of pyridine rings is 5. The lowest BCUT2D eigenvalue weighted by Gasteiger charge is -2.13. The van der Waals surface area contributed by atoms with Crippen LogP contribution in [0.5, 0.6) is 5.75 Å². The van der Waals surface area contributed by atoms with Crippen molar-refractivity contribution in [2.24, 2.45) is 59.2 Å². The van der Waals surface area contributed by atoms with Crippen molar-refractivity contribution in [1.82, 2.24) is 51.5 Å². The SMILES string of the molecule is CC.CO.CO.COC(F)(F)F.N#C[C@@H]1CCCC1C(=O)CCNC(=O)c1ccnc2ccccc12.N#C[C@@H]1CCCC1C(=O)CNC(=O)c1c(O)cnc2ccccc12.N#C[C@@H]1CCCC1C(=O)CNC(=O)c1cccc2ncccc12.N#C[C@@H]1CCCC1C(=O)CNC(=O)c1ccnc2ccccc12.N#C[C@@H]1CCCC1C(=O)CNC(=O)c1ccnc2ccccc12. The van der Waals surface area contributed by atoms with E-state index in [0.29, 0.717) is 53.2 Å². The number of alkyl halides is 3. The minimum Gasteiger partial charge on any atom is -0.505 e. The van der Waals surface area contributed by atoms with Crippen molar-refractivity contribution in [2.45, 2.75) is 123 Å². The van der Waals surface area contributed by atoms with Gasteiger partial charge < -0.3 is 41.9 Å². The molecular weight excluding hydrogens is 1660 g/mol. The molecule has 10 aromatic rings. The highest BCUT2D eigenvalue weighted by Gasteiger charge is 2.38. The van der Waals surface area contributed by atoms with Gasteiger partial charge in [0, 0.05) is 121 Å². The van der Waals surface area contributed by atoms with Gasteiger partial charge in [-0.2, -0.15) is 26.3 Å². The maximum atomic E-state index is 12.4. The number of ketones is 5. The monoisotopic (exact) mass is 1760 g/mol. The molecule has 10 atom stereocenters. The average Bonchev–Trinajstić information content (AvgIpc) is 1.80. The number of halogens is 3. The maximum absolute atomic E-state index is 12.4. The standard InChI is InChI=1S/C19H19N3O2.C18H17N3O3.3C18H17N3O2.C2H3F3O.C2H6.2CH4O/c20-12-13-4-3-6-14(13)18(23)9-11-22-19(24)16-8-10-21-17-7-2-1-5-15(16)17;19-8-11-4-3-6-12(11)15(22)9-21-18(24)17-13-5-1-2-7-14(13)20-10-16(17)23;19-10-12-4-1-5-13(12)17(22)11-21-18(23)15-6-2-8-16-14(15)7-3-9-20-16;2*19-10-12-4-3-6-13(12)17(22)11-21-18(23)15-8-9-20-16-7-2-1-5-14(15)16;1-6-2(3,4)5;3*1-2/h1-2,5,7-8,10,13-14H,3-4,6,9,11H2,(H,22,24);1-2,5,7,10-12,23H,3-4,6,9H2,(H,21,24);2-3,6-9,12-13H,1,4-5,11H2,(H,21,23);2*1-2,5,7-9,12-13H,3-4,6,11H2,(H,21,23);1H3;1-2H3;2*2H,1H3/t13-,14?;11-,12?;3*12-,13?;;;;/m00000..../s1. The fourth-order valence-corrected chi connectivity index (χ4v) is 16.2. The van der Waals surface area contributed by atoms with E-state index in [2.05, 4.69) is 86.6 Å². The number of aliphatic hydroxyl groups excluding tert-OH is 2. The van der Waals surface area contributed by atoms with Gasteiger partial charge in [0.05, 0.1) is 142 Å². The first-order valence-corrected chi connectivity index (χ1v) is 42.5. The molecule has 672 valence electrons. The van der Waals surface area contributed by atoms with E-state index in [1.165, 1.54) is 6.20 Å². The predicted octanol–water partition coefficient (Wildman–Crippen LogP) is 13.9. The Balaban J connectivity index is 0.000000214. The summed E-state index contributed by atoms with van der Waals surface area (Å²) in [7, 11) is 2.58. The predicted molar refractivity (Wildman–Crippen MR) is 475 cm³/mol. The second-order valence-corrected chi connectivity index (χ2v) is 30.1. The number of ether oxygens (including phenoxy) is 1. The van der Waals surface area contributed by atoms with Gasteiger partial charge in [0.15, 0.2) is 23.1 Å². The molecule has 0 saturated heterocycles. The number of nitriles is 5. The molecule has 0 radical (unpaired) electrons. The number of nitrogens with zero attached hydrogens (tertiary/aromatic N) is 10. The second kappa shape index (κ2) is 52.7. The zero-order valence-electron chi connectivity index (χ0n) is 72.3. The number of rotatable bonds is 21. The third-order valence-corrected chi connectivity index (χ3v) is 22.6. The van der Waals surface area contributed by atoms with Crippen LogP contribution in [0.15, 0.2) is 177 Å². The number of carbonyl (C=O) groups is 10. The van der Waals surface area contributed by atoms with Crippen molar-refractivity contribution in [1.29, 1.82) is 26.3 Å². The number of nitrogens with one attached hydrogen (secondary N) is 5. The maximum Gasteiger partial charge on any atom is 0.522 e. The third kappa shape index (κ3) is 28.6. The number of para-hydroxylation sites is 4. The summed E-state index contributed by atoms with van der Waals surface area (Å²) in [5.74, 6) is -4.26. The molecule has 15 rings (SSSR count). The number of benzene rings is 5. The molecule has 129 heavy (non-hydrogen) atoms. The number of aromatic nitrogens is 5. The fraction of sp³-hybridized carbons (Fsp3) is 0.381. The first-order chi connectivity index (χ1) is 62.5. The zero-order chi connectivity index (χ0) is 94.0. The number of hydrogen-bond donors (Lipinski definition) is 8. The van der Waals surface area contributed by atoms with Gasteiger partial charge in [0.25, 0.3) is 29.5 Å². The van der Waals surface area contributed by atoms with Crippen molar-refractivity contribution in [3.05, 3.63) is 204 Å². The lowest BCUT2D eigenvalue weighted by atomic mass is 9.91. The molecule has 32 heteroatoms. The topological polar surface area (TPSA) is 484 Å². The Morgan fingerprint density at radius 1 is 0.357 bits per heavy atom. The molecule has 0 bridgehead atoms. The Labute approximate surface area is 744 Å². The number of aliphatic hydroxyl groups is 2. The number of methoxy groups -OCH3 is 1. The van der Waals surface area contributed by atoms with E-state index in [1.807, 2.05) is 98.8 Å². The Kier molecular flexibility index (Phi) is 41.6. The Bertz CT molecular complexity index is 5440. The summed E-state index contributed by atoms with van der Waals surface area (Å²) >= 11 is 0. The lowest BCUT2D eigenvalue weighted by Crippen LogP contribution is -2.34. The summed E-state index contributed by atoms with van der Waals surface area (Å²) < 4.78 is 34.6. The smallest absolute Gasteiger partial charge is 0.505 e. The first kappa shape index (κ1) is 102. The largest absolute Gasteiger partial charge is 0.522 e. The van der Waals surface area contributed by atoms with E-state index in [1.54, 1.807) is 85.5 Å². The van der Waals surface area contributed by atoms with Gasteiger partial charge in [-0.05, 0) is 125 Å². The van der Waals surface area contributed by atoms with E-state index in [0.717, 1.165) is 148 Å². The zero-order valence-corrected chi connectivity index (χ0v) is 72.3. The number of Topliss-reactive ketones (excluding diaryl/α,β-unsaturated/α-hetero) is 5. The van der Waals surface area contributed by atoms with Crippen LogP contribution in [0.3, 0.4) is 0 Å². The van der Waals surface area contributed by atoms with Crippen LogP contribution in [-0.2, 0) is 28.7 Å². The summed E-state index contributed by atoms with van der Waals surface area (Å²) in [5, 5.41) is 86.3. The van der Waals surface area contributed by atoms with Crippen LogP contribution < -0.4 is 26.6 Å². The molecule has 5 saturated carbocycles. The van der Waals surface area contributed by atoms with Gasteiger partial charge in [-0.15, -0.1) is 13.2 Å². The van der Waals surface area contributed by atoms with Crippen LogP contribution in [0.4, 0.5) is 13.2 Å². The van der Waals surface area contributed by atoms with Gasteiger partial charge in [-0.25, -0.2) is 0 Å². The molecule has 5 aliphatic carbocycles. The quantitative estimate of drug-likeness (QED) is 0.0331. The van der Waals surface area contributed by atoms with Gasteiger partial charge in [0.1, 0.15) is 11.5 Å².